The zero-order valence-electron chi connectivity index (χ0n) is 15.8. The van der Waals surface area contributed by atoms with Crippen LogP contribution in [0, 0.1) is 0 Å². The van der Waals surface area contributed by atoms with Crippen LogP contribution < -0.4 is 5.32 Å². The average Bonchev–Trinajstić information content (AvgIpc) is 2.66. The van der Waals surface area contributed by atoms with Crippen LogP contribution in [-0.2, 0) is 4.74 Å². The molecule has 26 heavy (non-hydrogen) atoms. The number of carbonyl (C=O) groups is 1. The van der Waals surface area contributed by atoms with E-state index in [1.54, 1.807) is 0 Å². The third-order valence-electron chi connectivity index (χ3n) is 4.88. The zero-order valence-corrected chi connectivity index (χ0v) is 15.8. The molecule has 1 fully saturated rings. The highest BCUT2D eigenvalue weighted by atomic mass is 16.5. The van der Waals surface area contributed by atoms with Crippen molar-refractivity contribution in [3.05, 3.63) is 60.2 Å². The van der Waals surface area contributed by atoms with Crippen LogP contribution in [0.4, 0.5) is 0 Å². The summed E-state index contributed by atoms with van der Waals surface area (Å²) in [6.45, 7) is 8.81. The molecule has 1 aliphatic heterocycles. The maximum Gasteiger partial charge on any atom is 0.251 e. The second-order valence-corrected chi connectivity index (χ2v) is 7.21. The number of carbonyl (C=O) groups excluding carboxylic acids is 1. The summed E-state index contributed by atoms with van der Waals surface area (Å²) in [6, 6.07) is 18.2. The molecule has 2 aromatic rings. The Kier molecular flexibility index (Phi) is 6.07. The van der Waals surface area contributed by atoms with Crippen LogP contribution in [0.25, 0.3) is 11.1 Å². The lowest BCUT2D eigenvalue weighted by molar-refractivity contribution is -0.0778. The molecule has 3 rings (SSSR count). The molecule has 1 aliphatic rings. The van der Waals surface area contributed by atoms with Crippen LogP contribution in [0.2, 0.25) is 0 Å². The van der Waals surface area contributed by atoms with E-state index in [0.29, 0.717) is 12.1 Å². The van der Waals surface area contributed by atoms with Crippen molar-refractivity contribution in [2.24, 2.45) is 0 Å². The second kappa shape index (κ2) is 8.47. The molecule has 138 valence electrons. The molecule has 0 aromatic heterocycles. The van der Waals surface area contributed by atoms with Gasteiger partial charge < -0.3 is 10.1 Å². The predicted molar refractivity (Wildman–Crippen MR) is 105 cm³/mol. The predicted octanol–water partition coefficient (Wildman–Crippen LogP) is 3.58. The molecule has 0 spiro atoms. The standard InChI is InChI=1S/C22H28N2O2/c1-16(24-14-17(2)26-18(3)15-24)13-23-22(25)21-11-9-20(10-12-21)19-7-5-4-6-8-19/h4-12,16-18H,13-15H2,1-3H3,(H,23,25). The molecule has 0 radical (unpaired) electrons. The largest absolute Gasteiger partial charge is 0.373 e. The van der Waals surface area contributed by atoms with Crippen molar-refractivity contribution in [2.45, 2.75) is 39.0 Å². The molecule has 3 atom stereocenters. The number of hydrogen-bond donors (Lipinski definition) is 1. The monoisotopic (exact) mass is 352 g/mol. The molecule has 1 amide bonds. The summed E-state index contributed by atoms with van der Waals surface area (Å²) in [7, 11) is 0. The molecule has 0 bridgehead atoms. The van der Waals surface area contributed by atoms with Gasteiger partial charge in [-0.1, -0.05) is 42.5 Å². The van der Waals surface area contributed by atoms with Gasteiger partial charge in [0.2, 0.25) is 0 Å². The first-order chi connectivity index (χ1) is 12.5. The van der Waals surface area contributed by atoms with Crippen LogP contribution in [-0.4, -0.2) is 48.7 Å². The highest BCUT2D eigenvalue weighted by molar-refractivity contribution is 5.94. The quantitative estimate of drug-likeness (QED) is 0.894. The minimum absolute atomic E-state index is 0.0224. The number of nitrogens with zero attached hydrogens (tertiary/aromatic N) is 1. The molecule has 0 aliphatic carbocycles. The van der Waals surface area contributed by atoms with E-state index in [4.69, 9.17) is 4.74 Å². The number of morpholine rings is 1. The minimum atomic E-state index is -0.0224. The number of ether oxygens (including phenoxy) is 1. The first kappa shape index (κ1) is 18.6. The number of rotatable bonds is 5. The molecule has 1 heterocycles. The SMILES string of the molecule is CC1CN(C(C)CNC(=O)c2ccc(-c3ccccc3)cc2)CC(C)O1. The van der Waals surface area contributed by atoms with E-state index in [9.17, 15) is 4.79 Å². The minimum Gasteiger partial charge on any atom is -0.373 e. The van der Waals surface area contributed by atoms with E-state index in [2.05, 4.69) is 43.1 Å². The van der Waals surface area contributed by atoms with Crippen molar-refractivity contribution in [1.29, 1.82) is 0 Å². The number of nitrogens with one attached hydrogen (secondary N) is 1. The Bertz CT molecular complexity index is 705. The summed E-state index contributed by atoms with van der Waals surface area (Å²) >= 11 is 0. The summed E-state index contributed by atoms with van der Waals surface area (Å²) in [5.74, 6) is -0.0224. The van der Waals surface area contributed by atoms with E-state index in [-0.39, 0.29) is 24.2 Å². The topological polar surface area (TPSA) is 41.6 Å². The molecule has 1 saturated heterocycles. The van der Waals surface area contributed by atoms with Crippen molar-refractivity contribution in [2.75, 3.05) is 19.6 Å². The van der Waals surface area contributed by atoms with Crippen LogP contribution in [0.3, 0.4) is 0 Å². The summed E-state index contributed by atoms with van der Waals surface area (Å²) < 4.78 is 5.78. The molecule has 0 saturated carbocycles. The van der Waals surface area contributed by atoms with Crippen LogP contribution in [0.15, 0.2) is 54.6 Å². The fourth-order valence-corrected chi connectivity index (χ4v) is 3.49. The van der Waals surface area contributed by atoms with Gasteiger partial charge in [-0.2, -0.15) is 0 Å². The second-order valence-electron chi connectivity index (χ2n) is 7.21. The first-order valence-electron chi connectivity index (χ1n) is 9.36. The molecule has 1 N–H and O–H groups in total. The van der Waals surface area contributed by atoms with Gasteiger partial charge in [0.1, 0.15) is 0 Å². The van der Waals surface area contributed by atoms with Gasteiger partial charge >= 0.3 is 0 Å². The van der Waals surface area contributed by atoms with Crippen LogP contribution >= 0.6 is 0 Å². The summed E-state index contributed by atoms with van der Waals surface area (Å²) in [5, 5.41) is 3.06. The van der Waals surface area contributed by atoms with Gasteiger partial charge in [-0.25, -0.2) is 0 Å². The van der Waals surface area contributed by atoms with Crippen molar-refractivity contribution >= 4 is 5.91 Å². The fraction of sp³-hybridized carbons (Fsp3) is 0.409. The van der Waals surface area contributed by atoms with Crippen molar-refractivity contribution in [3.63, 3.8) is 0 Å². The van der Waals surface area contributed by atoms with Gasteiger partial charge in [-0.15, -0.1) is 0 Å². The van der Waals surface area contributed by atoms with Gasteiger partial charge in [0.25, 0.3) is 5.91 Å². The van der Waals surface area contributed by atoms with Gasteiger partial charge in [-0.05, 0) is 44.0 Å². The first-order valence-corrected chi connectivity index (χ1v) is 9.36. The number of hydrogen-bond acceptors (Lipinski definition) is 3. The average molecular weight is 352 g/mol. The number of benzene rings is 2. The number of amides is 1. The lowest BCUT2D eigenvalue weighted by Gasteiger charge is -2.39. The van der Waals surface area contributed by atoms with Crippen molar-refractivity contribution in [3.8, 4) is 11.1 Å². The van der Waals surface area contributed by atoms with Crippen molar-refractivity contribution in [1.82, 2.24) is 10.2 Å². The Labute approximate surface area is 156 Å². The maximum atomic E-state index is 12.5. The Morgan fingerprint density at radius 2 is 1.62 bits per heavy atom. The summed E-state index contributed by atoms with van der Waals surface area (Å²) in [6.07, 6.45) is 0.477. The molecule has 4 nitrogen and oxygen atoms in total. The fourth-order valence-electron chi connectivity index (χ4n) is 3.49. The van der Waals surface area contributed by atoms with Crippen LogP contribution in [0.1, 0.15) is 31.1 Å². The highest BCUT2D eigenvalue weighted by Gasteiger charge is 2.25. The van der Waals surface area contributed by atoms with Gasteiger partial charge in [-0.3, -0.25) is 9.69 Å². The van der Waals surface area contributed by atoms with Gasteiger partial charge in [0, 0.05) is 31.2 Å². The van der Waals surface area contributed by atoms with Crippen molar-refractivity contribution < 1.29 is 9.53 Å². The van der Waals surface area contributed by atoms with E-state index in [1.165, 1.54) is 0 Å². The molecule has 2 aromatic carbocycles. The molecule has 3 unspecified atom stereocenters. The summed E-state index contributed by atoms with van der Waals surface area (Å²) in [4.78, 5) is 14.8. The third kappa shape index (κ3) is 4.71. The van der Waals surface area contributed by atoms with Crippen LogP contribution in [0.5, 0.6) is 0 Å². The smallest absolute Gasteiger partial charge is 0.251 e. The lowest BCUT2D eigenvalue weighted by Crippen LogP contribution is -2.52. The Hall–Kier alpha value is -2.17. The van der Waals surface area contributed by atoms with E-state index < -0.39 is 0 Å². The van der Waals surface area contributed by atoms with E-state index in [1.807, 2.05) is 42.5 Å². The highest BCUT2D eigenvalue weighted by Crippen LogP contribution is 2.19. The van der Waals surface area contributed by atoms with E-state index in [0.717, 1.165) is 24.2 Å². The Morgan fingerprint density at radius 3 is 2.23 bits per heavy atom. The van der Waals surface area contributed by atoms with Gasteiger partial charge in [0.15, 0.2) is 0 Å². The molecular formula is C22H28N2O2. The Balaban J connectivity index is 1.55. The van der Waals surface area contributed by atoms with E-state index >= 15 is 0 Å². The lowest BCUT2D eigenvalue weighted by atomic mass is 10.0. The third-order valence-corrected chi connectivity index (χ3v) is 4.88. The summed E-state index contributed by atoms with van der Waals surface area (Å²) in [5.41, 5.74) is 2.97. The zero-order chi connectivity index (χ0) is 18.5. The molecule has 4 heteroatoms. The Morgan fingerprint density at radius 1 is 1.04 bits per heavy atom. The van der Waals surface area contributed by atoms with Gasteiger partial charge in [0.05, 0.1) is 12.2 Å². The molecular weight excluding hydrogens is 324 g/mol. The normalized spacial score (nSPS) is 22.0. The maximum absolute atomic E-state index is 12.5.